The van der Waals surface area contributed by atoms with E-state index in [1.807, 2.05) is 48.0 Å². The van der Waals surface area contributed by atoms with Crippen molar-refractivity contribution in [2.75, 3.05) is 6.61 Å². The van der Waals surface area contributed by atoms with Crippen molar-refractivity contribution in [2.24, 2.45) is 0 Å². The van der Waals surface area contributed by atoms with Crippen LogP contribution in [0.3, 0.4) is 0 Å². The normalized spacial score (nSPS) is 12.0. The number of nitrogens with zero attached hydrogens (tertiary/aromatic N) is 4. The van der Waals surface area contributed by atoms with Crippen LogP contribution in [0, 0.1) is 6.92 Å². The van der Waals surface area contributed by atoms with Crippen LogP contribution in [-0.4, -0.2) is 34.2 Å². The smallest absolute Gasteiger partial charge is 0.280 e. The van der Waals surface area contributed by atoms with E-state index in [4.69, 9.17) is 9.47 Å². The highest BCUT2D eigenvalue weighted by Crippen LogP contribution is 2.33. The largest absolute Gasteiger partial charge is 0.438 e. The van der Waals surface area contributed by atoms with Gasteiger partial charge in [-0.15, -0.1) is 0 Å². The maximum Gasteiger partial charge on any atom is 0.280 e. The fourth-order valence-corrected chi connectivity index (χ4v) is 4.22. The molecule has 0 bridgehead atoms. The fourth-order valence-electron chi connectivity index (χ4n) is 3.47. The number of benzene rings is 1. The van der Waals surface area contributed by atoms with E-state index < -0.39 is 14.5 Å². The molecule has 178 valence electrons. The van der Waals surface area contributed by atoms with Crippen LogP contribution in [0.1, 0.15) is 17.7 Å². The van der Waals surface area contributed by atoms with Crippen LogP contribution in [0.5, 0.6) is 11.6 Å². The minimum Gasteiger partial charge on any atom is -0.438 e. The van der Waals surface area contributed by atoms with E-state index in [9.17, 15) is 8.78 Å². The lowest BCUT2D eigenvalue weighted by molar-refractivity contribution is 0.0898. The average Bonchev–Trinajstić information content (AvgIpc) is 3.12. The van der Waals surface area contributed by atoms with Gasteiger partial charge in [-0.05, 0) is 42.8 Å². The van der Waals surface area contributed by atoms with Gasteiger partial charge in [0.25, 0.3) is 6.43 Å². The summed E-state index contributed by atoms with van der Waals surface area (Å²) in [6.07, 6.45) is -0.743. The Morgan fingerprint density at radius 1 is 0.971 bits per heavy atom. The van der Waals surface area contributed by atoms with Crippen LogP contribution in [0.4, 0.5) is 8.78 Å². The first-order valence-electron chi connectivity index (χ1n) is 11.1. The second-order valence-corrected chi connectivity index (χ2v) is 15.0. The highest BCUT2D eigenvalue weighted by molar-refractivity contribution is 6.76. The average molecular weight is 483 g/mol. The lowest BCUT2D eigenvalue weighted by Gasteiger charge is -2.15. The van der Waals surface area contributed by atoms with Crippen molar-refractivity contribution in [2.45, 2.75) is 45.8 Å². The molecule has 0 aliphatic heterocycles. The van der Waals surface area contributed by atoms with E-state index >= 15 is 0 Å². The van der Waals surface area contributed by atoms with Crippen LogP contribution in [-0.2, 0) is 11.5 Å². The number of para-hydroxylation sites is 1. The number of ether oxygens (including phenoxy) is 2. The molecule has 0 spiro atoms. The first kappa shape index (κ1) is 24.0. The number of fused-ring (bicyclic) bond motifs is 1. The second kappa shape index (κ2) is 9.98. The van der Waals surface area contributed by atoms with Crippen molar-refractivity contribution in [3.05, 3.63) is 66.0 Å². The van der Waals surface area contributed by atoms with Gasteiger partial charge in [-0.25, -0.2) is 18.7 Å². The number of pyridine rings is 1. The zero-order valence-corrected chi connectivity index (χ0v) is 20.8. The molecule has 0 atom stereocenters. The summed E-state index contributed by atoms with van der Waals surface area (Å²) >= 11 is 0. The van der Waals surface area contributed by atoms with E-state index in [2.05, 4.69) is 34.6 Å². The summed E-state index contributed by atoms with van der Waals surface area (Å²) in [7, 11) is -1.21. The van der Waals surface area contributed by atoms with Gasteiger partial charge in [-0.2, -0.15) is 4.98 Å². The van der Waals surface area contributed by atoms with Crippen LogP contribution in [0.25, 0.3) is 22.6 Å². The van der Waals surface area contributed by atoms with E-state index in [-0.39, 0.29) is 17.2 Å². The van der Waals surface area contributed by atoms with Crippen molar-refractivity contribution in [1.82, 2.24) is 19.5 Å². The molecule has 0 amide bonds. The van der Waals surface area contributed by atoms with E-state index in [1.54, 1.807) is 6.07 Å². The van der Waals surface area contributed by atoms with Gasteiger partial charge in [0, 0.05) is 20.9 Å². The number of halogens is 2. The Bertz CT molecular complexity index is 1270. The third-order valence-corrected chi connectivity index (χ3v) is 6.98. The Hall–Kier alpha value is -3.17. The molecule has 6 nitrogen and oxygen atoms in total. The minimum absolute atomic E-state index is 0.211. The van der Waals surface area contributed by atoms with E-state index in [0.717, 1.165) is 17.0 Å². The monoisotopic (exact) mass is 482 g/mol. The summed E-state index contributed by atoms with van der Waals surface area (Å²) in [6.45, 7) is 9.85. The second-order valence-electron chi connectivity index (χ2n) is 9.34. The quantitative estimate of drug-likeness (QED) is 0.193. The third kappa shape index (κ3) is 5.66. The SMILES string of the molecule is Cc1cn(COCC[Si](C)(C)C)c2nc(-c3cccc(C(F)F)n3)nc(Oc3ccccc3)c12. The summed E-state index contributed by atoms with van der Waals surface area (Å²) in [4.78, 5) is 13.3. The molecule has 1 aromatic carbocycles. The zero-order valence-electron chi connectivity index (χ0n) is 19.8. The molecular weight excluding hydrogens is 454 g/mol. The Labute approximate surface area is 198 Å². The number of aromatic nitrogens is 4. The molecule has 4 rings (SSSR count). The van der Waals surface area contributed by atoms with Gasteiger partial charge in [0.05, 0.1) is 5.39 Å². The Kier molecular flexibility index (Phi) is 7.04. The van der Waals surface area contributed by atoms with Crippen LogP contribution < -0.4 is 4.74 Å². The molecule has 0 unspecified atom stereocenters. The predicted octanol–water partition coefficient (Wildman–Crippen LogP) is 6.84. The number of rotatable bonds is 9. The lowest BCUT2D eigenvalue weighted by Crippen LogP contribution is -2.22. The van der Waals surface area contributed by atoms with Crippen LogP contribution in [0.15, 0.2) is 54.7 Å². The van der Waals surface area contributed by atoms with Gasteiger partial charge in [-0.3, -0.25) is 0 Å². The maximum atomic E-state index is 13.3. The Morgan fingerprint density at radius 3 is 2.44 bits per heavy atom. The molecule has 0 fully saturated rings. The molecule has 0 aliphatic rings. The van der Waals surface area contributed by atoms with Crippen molar-refractivity contribution < 1.29 is 18.3 Å². The molecule has 0 saturated carbocycles. The maximum absolute atomic E-state index is 13.3. The molecule has 3 heterocycles. The highest BCUT2D eigenvalue weighted by atomic mass is 28.3. The summed E-state index contributed by atoms with van der Waals surface area (Å²) in [6, 6.07) is 14.8. The molecule has 0 saturated heterocycles. The first-order valence-corrected chi connectivity index (χ1v) is 14.9. The van der Waals surface area contributed by atoms with Gasteiger partial charge in [0.1, 0.15) is 29.5 Å². The minimum atomic E-state index is -2.69. The first-order chi connectivity index (χ1) is 16.2. The highest BCUT2D eigenvalue weighted by Gasteiger charge is 2.20. The summed E-state index contributed by atoms with van der Waals surface area (Å²) in [5, 5.41) is 0.742. The molecule has 3 aromatic heterocycles. The van der Waals surface area contributed by atoms with E-state index in [1.165, 1.54) is 12.1 Å². The molecule has 9 heteroatoms. The standard InChI is InChI=1S/C25H28F2N4O2Si/c1-17-15-31(16-32-13-14-34(2,3)4)24-21(17)25(33-18-9-6-5-7-10-18)30-23(29-24)20-12-8-11-19(28-20)22(26)27/h5-12,15,22H,13-14,16H2,1-4H3. The van der Waals surface area contributed by atoms with Crippen LogP contribution in [0.2, 0.25) is 25.7 Å². The predicted molar refractivity (Wildman–Crippen MR) is 131 cm³/mol. The molecule has 0 N–H and O–H groups in total. The molecule has 0 aliphatic carbocycles. The summed E-state index contributed by atoms with van der Waals surface area (Å²) in [5.41, 5.74) is 1.46. The van der Waals surface area contributed by atoms with Crippen molar-refractivity contribution in [1.29, 1.82) is 0 Å². The van der Waals surface area contributed by atoms with Gasteiger partial charge in [-0.1, -0.05) is 43.9 Å². The lowest BCUT2D eigenvalue weighted by atomic mass is 10.2. The molecule has 34 heavy (non-hydrogen) atoms. The van der Waals surface area contributed by atoms with Crippen molar-refractivity contribution in [3.8, 4) is 23.1 Å². The van der Waals surface area contributed by atoms with Gasteiger partial charge in [0.2, 0.25) is 5.88 Å². The molecule has 4 aromatic rings. The van der Waals surface area contributed by atoms with Crippen molar-refractivity contribution in [3.63, 3.8) is 0 Å². The third-order valence-electron chi connectivity index (χ3n) is 5.28. The molecular formula is C25H28F2N4O2Si. The zero-order chi connectivity index (χ0) is 24.3. The molecule has 0 radical (unpaired) electrons. The summed E-state index contributed by atoms with van der Waals surface area (Å²) < 4.78 is 40.5. The van der Waals surface area contributed by atoms with E-state index in [0.29, 0.717) is 30.6 Å². The Morgan fingerprint density at radius 2 is 1.74 bits per heavy atom. The number of hydrogen-bond donors (Lipinski definition) is 0. The Balaban J connectivity index is 1.77. The fraction of sp³-hybridized carbons (Fsp3) is 0.320. The number of alkyl halides is 2. The van der Waals surface area contributed by atoms with Crippen molar-refractivity contribution >= 4 is 19.1 Å². The van der Waals surface area contributed by atoms with Gasteiger partial charge >= 0.3 is 0 Å². The van der Waals surface area contributed by atoms with Crippen LogP contribution >= 0.6 is 0 Å². The topological polar surface area (TPSA) is 62.1 Å². The number of aryl methyl sites for hydroxylation is 1. The summed E-state index contributed by atoms with van der Waals surface area (Å²) in [5.74, 6) is 1.16. The van der Waals surface area contributed by atoms with Gasteiger partial charge in [0.15, 0.2) is 5.82 Å². The number of hydrogen-bond acceptors (Lipinski definition) is 5. The van der Waals surface area contributed by atoms with Gasteiger partial charge < -0.3 is 14.0 Å².